The standard InChI is InChI=1S/C38H51NO7/c1-5-45-33(42)39(23-28-7-6-20-46-28)24-37(43)17-14-31-35(37,3)16-13-30-34(2)15-12-26(40)21-36(34)18-19-38(30,31)29(22-36)32(41)25-8-10-27(44-4)11-9-25/h8-11,18-19,22,26,28,30-31,40,43H,5-7,12-17,20-21,23-24H2,1-4H3. The number of benzene rings is 1. The minimum atomic E-state index is -1.15. The first-order valence-electron chi connectivity index (χ1n) is 17.5. The number of allylic oxidation sites excluding steroid dienone is 4. The summed E-state index contributed by atoms with van der Waals surface area (Å²) in [5, 5.41) is 23.7. The van der Waals surface area contributed by atoms with Gasteiger partial charge in [-0.1, -0.05) is 32.1 Å². The first-order valence-corrected chi connectivity index (χ1v) is 17.5. The Balaban J connectivity index is 1.30. The summed E-state index contributed by atoms with van der Waals surface area (Å²) in [6, 6.07) is 7.37. The minimum Gasteiger partial charge on any atom is -0.497 e. The summed E-state index contributed by atoms with van der Waals surface area (Å²) in [5.74, 6) is 0.925. The van der Waals surface area contributed by atoms with Crippen molar-refractivity contribution in [2.24, 2.45) is 33.5 Å². The van der Waals surface area contributed by atoms with Crippen LogP contribution in [-0.2, 0) is 9.47 Å². The fourth-order valence-electron chi connectivity index (χ4n) is 11.3. The van der Waals surface area contributed by atoms with Crippen molar-refractivity contribution >= 4 is 11.9 Å². The van der Waals surface area contributed by atoms with Crippen LogP contribution in [0.3, 0.4) is 0 Å². The molecular weight excluding hydrogens is 582 g/mol. The third-order valence-corrected chi connectivity index (χ3v) is 13.7. The number of ether oxygens (including phenoxy) is 3. The van der Waals surface area contributed by atoms with Gasteiger partial charge in [0, 0.05) is 34.0 Å². The normalized spacial score (nSPS) is 42.1. The lowest BCUT2D eigenvalue weighted by atomic mass is 9.32. The molecule has 0 radical (unpaired) electrons. The van der Waals surface area contributed by atoms with Gasteiger partial charge in [0.1, 0.15) is 5.75 Å². The highest BCUT2D eigenvalue weighted by Gasteiger charge is 2.74. The van der Waals surface area contributed by atoms with Gasteiger partial charge in [-0.3, -0.25) is 4.79 Å². The number of fused-ring (bicyclic) bond motifs is 1. The maximum atomic E-state index is 14.7. The Hall–Kier alpha value is -2.68. The number of nitrogens with zero attached hydrogens (tertiary/aromatic N) is 1. The summed E-state index contributed by atoms with van der Waals surface area (Å²) in [6.07, 6.45) is 13.1. The molecule has 8 nitrogen and oxygen atoms in total. The first-order chi connectivity index (χ1) is 22.0. The van der Waals surface area contributed by atoms with Crippen LogP contribution in [0.5, 0.6) is 5.75 Å². The van der Waals surface area contributed by atoms with E-state index in [4.69, 9.17) is 14.2 Å². The molecule has 250 valence electrons. The van der Waals surface area contributed by atoms with Crippen molar-refractivity contribution in [1.82, 2.24) is 4.90 Å². The van der Waals surface area contributed by atoms with E-state index in [1.165, 1.54) is 0 Å². The number of rotatable bonds is 8. The van der Waals surface area contributed by atoms with Gasteiger partial charge >= 0.3 is 6.09 Å². The fourth-order valence-corrected chi connectivity index (χ4v) is 11.3. The average Bonchev–Trinajstić information content (AvgIpc) is 3.66. The molecule has 9 unspecified atom stereocenters. The Morgan fingerprint density at radius 3 is 2.41 bits per heavy atom. The molecule has 46 heavy (non-hydrogen) atoms. The molecule has 1 aliphatic heterocycles. The number of carbonyl (C=O) groups is 2. The summed E-state index contributed by atoms with van der Waals surface area (Å²) in [5.41, 5.74) is -1.31. The second-order valence-electron chi connectivity index (χ2n) is 15.6. The number of hydrogen-bond acceptors (Lipinski definition) is 7. The zero-order valence-corrected chi connectivity index (χ0v) is 27.9. The lowest BCUT2D eigenvalue weighted by Gasteiger charge is -2.71. The first kappa shape index (κ1) is 31.9. The second kappa shape index (κ2) is 11.2. The smallest absolute Gasteiger partial charge is 0.409 e. The third-order valence-electron chi connectivity index (χ3n) is 13.7. The van der Waals surface area contributed by atoms with Crippen molar-refractivity contribution in [3.63, 3.8) is 0 Å². The van der Waals surface area contributed by atoms with Crippen LogP contribution in [0.15, 0.2) is 48.1 Å². The molecule has 7 aliphatic rings. The van der Waals surface area contributed by atoms with Crippen LogP contribution in [0.25, 0.3) is 0 Å². The van der Waals surface area contributed by atoms with Gasteiger partial charge in [-0.15, -0.1) is 0 Å². The maximum Gasteiger partial charge on any atom is 0.409 e. The van der Waals surface area contributed by atoms with E-state index in [-0.39, 0.29) is 47.7 Å². The predicted molar refractivity (Wildman–Crippen MR) is 173 cm³/mol. The fraction of sp³-hybridized carbons (Fsp3) is 0.684. The molecule has 9 atom stereocenters. The van der Waals surface area contributed by atoms with E-state index in [0.717, 1.165) is 50.5 Å². The van der Waals surface area contributed by atoms with Crippen molar-refractivity contribution in [3.8, 4) is 5.75 Å². The number of aliphatic hydroxyl groups is 2. The molecule has 1 amide bonds. The van der Waals surface area contributed by atoms with Crippen LogP contribution in [-0.4, -0.2) is 78.2 Å². The number of aliphatic hydroxyl groups excluding tert-OH is 1. The number of hydrogen-bond donors (Lipinski definition) is 2. The van der Waals surface area contributed by atoms with Crippen LogP contribution in [0, 0.1) is 33.5 Å². The third kappa shape index (κ3) is 4.42. The summed E-state index contributed by atoms with van der Waals surface area (Å²) in [4.78, 5) is 29.7. The topological polar surface area (TPSA) is 106 Å². The molecule has 1 saturated heterocycles. The van der Waals surface area contributed by atoms with Crippen LogP contribution in [0.4, 0.5) is 4.79 Å². The zero-order chi connectivity index (χ0) is 32.5. The molecule has 3 saturated carbocycles. The molecule has 6 aliphatic carbocycles. The SMILES string of the molecule is CCOC(=O)N(CC1CCCO1)CC1(O)CCC2C34C=CC5(C=C3C(=O)c3ccc(OC)cc3)CC(O)CCC5(C)C4CCC21C. The maximum absolute atomic E-state index is 14.7. The number of Topliss-reactive ketones (excluding diaryl/α,β-unsaturated/α-hetero) is 1. The molecule has 0 aromatic heterocycles. The van der Waals surface area contributed by atoms with Gasteiger partial charge in [0.25, 0.3) is 0 Å². The highest BCUT2D eigenvalue weighted by molar-refractivity contribution is 6.10. The number of amides is 1. The number of carbonyl (C=O) groups excluding carboxylic acids is 2. The van der Waals surface area contributed by atoms with Gasteiger partial charge in [-0.2, -0.15) is 0 Å². The summed E-state index contributed by atoms with van der Waals surface area (Å²) in [6.45, 7) is 7.95. The molecule has 1 aromatic rings. The molecule has 1 aromatic carbocycles. The monoisotopic (exact) mass is 633 g/mol. The lowest BCUT2D eigenvalue weighted by Crippen LogP contribution is -2.67. The molecule has 2 N–H and O–H groups in total. The van der Waals surface area contributed by atoms with Crippen LogP contribution in [0.2, 0.25) is 0 Å². The van der Waals surface area contributed by atoms with Crippen LogP contribution in [0.1, 0.15) is 88.9 Å². The van der Waals surface area contributed by atoms with Crippen LogP contribution < -0.4 is 4.74 Å². The van der Waals surface area contributed by atoms with Gasteiger partial charge in [-0.25, -0.2) is 4.79 Å². The highest BCUT2D eigenvalue weighted by Crippen LogP contribution is 2.78. The van der Waals surface area contributed by atoms with Gasteiger partial charge in [0.2, 0.25) is 0 Å². The second-order valence-corrected chi connectivity index (χ2v) is 15.6. The Morgan fingerprint density at radius 1 is 1.00 bits per heavy atom. The van der Waals surface area contributed by atoms with E-state index in [1.807, 2.05) is 24.3 Å². The molecule has 2 bridgehead atoms. The van der Waals surface area contributed by atoms with Crippen molar-refractivity contribution in [3.05, 3.63) is 53.6 Å². The lowest BCUT2D eigenvalue weighted by molar-refractivity contribution is -0.175. The van der Waals surface area contributed by atoms with Crippen LogP contribution >= 0.6 is 0 Å². The van der Waals surface area contributed by atoms with E-state index >= 15 is 0 Å². The predicted octanol–water partition coefficient (Wildman–Crippen LogP) is 6.11. The average molecular weight is 634 g/mol. The number of methoxy groups -OCH3 is 1. The molecule has 8 rings (SSSR count). The van der Waals surface area contributed by atoms with E-state index < -0.39 is 28.6 Å². The summed E-state index contributed by atoms with van der Waals surface area (Å²) < 4.78 is 16.8. The molecular formula is C38H51NO7. The highest BCUT2D eigenvalue weighted by atomic mass is 16.6. The summed E-state index contributed by atoms with van der Waals surface area (Å²) in [7, 11) is 1.62. The Kier molecular flexibility index (Phi) is 7.77. The summed E-state index contributed by atoms with van der Waals surface area (Å²) >= 11 is 0. The van der Waals surface area contributed by atoms with E-state index in [9.17, 15) is 19.8 Å². The quantitative estimate of drug-likeness (QED) is 0.263. The minimum absolute atomic E-state index is 0.00204. The largest absolute Gasteiger partial charge is 0.497 e. The van der Waals surface area contributed by atoms with E-state index in [1.54, 1.807) is 18.9 Å². The Morgan fingerprint density at radius 2 is 1.72 bits per heavy atom. The van der Waals surface area contributed by atoms with E-state index in [0.29, 0.717) is 37.3 Å². The Labute approximate surface area is 273 Å². The van der Waals surface area contributed by atoms with Gasteiger partial charge in [0.15, 0.2) is 5.78 Å². The zero-order valence-electron chi connectivity index (χ0n) is 27.9. The molecule has 8 heteroatoms. The van der Waals surface area contributed by atoms with Crippen molar-refractivity contribution in [2.75, 3.05) is 33.4 Å². The van der Waals surface area contributed by atoms with Crippen molar-refractivity contribution in [1.29, 1.82) is 0 Å². The van der Waals surface area contributed by atoms with Gasteiger partial charge in [-0.05, 0) is 106 Å². The van der Waals surface area contributed by atoms with Crippen molar-refractivity contribution in [2.45, 2.75) is 96.4 Å². The molecule has 1 heterocycles. The molecule has 4 fully saturated rings. The van der Waals surface area contributed by atoms with E-state index in [2.05, 4.69) is 32.1 Å². The van der Waals surface area contributed by atoms with Gasteiger partial charge in [0.05, 0.1) is 44.6 Å². The Bertz CT molecular complexity index is 1430. The van der Waals surface area contributed by atoms with Gasteiger partial charge < -0.3 is 29.3 Å². The van der Waals surface area contributed by atoms with Crippen molar-refractivity contribution < 1.29 is 34.0 Å². The molecule has 2 spiro atoms. The number of ketones is 1.